The highest BCUT2D eigenvalue weighted by Crippen LogP contribution is 2.28. The van der Waals surface area contributed by atoms with E-state index < -0.39 is 15.7 Å². The Hall–Kier alpha value is -2.35. The molecule has 29 heavy (non-hydrogen) atoms. The lowest BCUT2D eigenvalue weighted by molar-refractivity contribution is 0.0915. The maximum Gasteiger partial charge on any atom is 0.287 e. The van der Waals surface area contributed by atoms with Crippen LogP contribution in [0.5, 0.6) is 0 Å². The van der Waals surface area contributed by atoms with Gasteiger partial charge in [-0.3, -0.25) is 4.79 Å². The first-order valence-corrected chi connectivity index (χ1v) is 11.5. The Balaban J connectivity index is 1.89. The molecule has 1 aromatic heterocycles. The minimum absolute atomic E-state index is 0.0216. The van der Waals surface area contributed by atoms with E-state index in [2.05, 4.69) is 5.32 Å². The van der Waals surface area contributed by atoms with Gasteiger partial charge in [0.25, 0.3) is 5.91 Å². The number of hydrogen-bond donors (Lipinski definition) is 1. The minimum Gasteiger partial charge on any atom is -0.451 e. The highest BCUT2D eigenvalue weighted by atomic mass is 35.5. The molecule has 0 spiro atoms. The molecule has 3 aromatic rings. The first-order valence-electron chi connectivity index (χ1n) is 9.04. The standard InChI is InChI=1S/C21H23ClN2O4S/c1-24(2)18(15-9-4-6-10-17(15)22)12-23-21(25)20-16(13-29(3,26)27)14-8-5-7-11-19(14)28-20/h4-11,18H,12-13H2,1-3H3,(H,23,25). The lowest BCUT2D eigenvalue weighted by atomic mass is 10.1. The Kier molecular flexibility index (Phi) is 6.31. The number of rotatable bonds is 7. The fraction of sp³-hybridized carbons (Fsp3) is 0.286. The van der Waals surface area contributed by atoms with Crippen molar-refractivity contribution >= 4 is 38.3 Å². The van der Waals surface area contributed by atoms with Gasteiger partial charge in [-0.25, -0.2) is 8.42 Å². The van der Waals surface area contributed by atoms with Crippen LogP contribution in [0, 0.1) is 0 Å². The monoisotopic (exact) mass is 434 g/mol. The largest absolute Gasteiger partial charge is 0.451 e. The van der Waals surface area contributed by atoms with E-state index in [1.807, 2.05) is 37.2 Å². The van der Waals surface area contributed by atoms with Crippen LogP contribution in [0.15, 0.2) is 52.9 Å². The van der Waals surface area contributed by atoms with Gasteiger partial charge in [0, 0.05) is 28.8 Å². The highest BCUT2D eigenvalue weighted by molar-refractivity contribution is 7.89. The Morgan fingerprint density at radius 1 is 1.14 bits per heavy atom. The van der Waals surface area contributed by atoms with Crippen molar-refractivity contribution in [1.82, 2.24) is 10.2 Å². The summed E-state index contributed by atoms with van der Waals surface area (Å²) in [4.78, 5) is 14.9. The predicted octanol–water partition coefficient (Wildman–Crippen LogP) is 3.66. The van der Waals surface area contributed by atoms with Gasteiger partial charge < -0.3 is 14.6 Å². The molecule has 1 amide bonds. The van der Waals surface area contributed by atoms with Crippen molar-refractivity contribution in [2.45, 2.75) is 11.8 Å². The second kappa shape index (κ2) is 8.57. The second-order valence-corrected chi connectivity index (χ2v) is 9.73. The molecule has 0 fully saturated rings. The molecule has 0 radical (unpaired) electrons. The van der Waals surface area contributed by atoms with Crippen molar-refractivity contribution in [3.63, 3.8) is 0 Å². The number of para-hydroxylation sites is 1. The Morgan fingerprint density at radius 3 is 2.45 bits per heavy atom. The third-order valence-corrected chi connectivity index (χ3v) is 5.81. The van der Waals surface area contributed by atoms with Gasteiger partial charge in [-0.15, -0.1) is 0 Å². The SMILES string of the molecule is CN(C)C(CNC(=O)c1oc2ccccc2c1CS(C)(=O)=O)c1ccccc1Cl. The van der Waals surface area contributed by atoms with E-state index in [1.165, 1.54) is 0 Å². The van der Waals surface area contributed by atoms with Gasteiger partial charge in [-0.1, -0.05) is 48.0 Å². The zero-order valence-electron chi connectivity index (χ0n) is 16.5. The molecular formula is C21H23ClN2O4S. The van der Waals surface area contributed by atoms with E-state index in [9.17, 15) is 13.2 Å². The van der Waals surface area contributed by atoms with Crippen LogP contribution in [0.1, 0.15) is 27.7 Å². The lowest BCUT2D eigenvalue weighted by Crippen LogP contribution is -2.35. The van der Waals surface area contributed by atoms with E-state index >= 15 is 0 Å². The average Bonchev–Trinajstić information content (AvgIpc) is 3.00. The molecule has 1 heterocycles. The van der Waals surface area contributed by atoms with Crippen LogP contribution in [0.25, 0.3) is 11.0 Å². The number of benzene rings is 2. The van der Waals surface area contributed by atoms with E-state index in [1.54, 1.807) is 30.3 Å². The van der Waals surface area contributed by atoms with E-state index in [0.29, 0.717) is 21.6 Å². The first kappa shape index (κ1) is 21.4. The topological polar surface area (TPSA) is 79.6 Å². The highest BCUT2D eigenvalue weighted by Gasteiger charge is 2.25. The molecule has 8 heteroatoms. The number of furan rings is 1. The molecule has 0 bridgehead atoms. The summed E-state index contributed by atoms with van der Waals surface area (Å²) in [6.07, 6.45) is 1.13. The van der Waals surface area contributed by atoms with Crippen molar-refractivity contribution in [3.8, 4) is 0 Å². The lowest BCUT2D eigenvalue weighted by Gasteiger charge is -2.25. The molecule has 154 valence electrons. The summed E-state index contributed by atoms with van der Waals surface area (Å²) in [5.74, 6) is -0.707. The number of hydrogen-bond acceptors (Lipinski definition) is 5. The number of halogens is 1. The van der Waals surface area contributed by atoms with Crippen LogP contribution in [0.2, 0.25) is 5.02 Å². The maximum atomic E-state index is 12.9. The minimum atomic E-state index is -3.35. The molecular weight excluding hydrogens is 412 g/mol. The fourth-order valence-electron chi connectivity index (χ4n) is 3.27. The van der Waals surface area contributed by atoms with Crippen molar-refractivity contribution in [2.75, 3.05) is 26.9 Å². The second-order valence-electron chi connectivity index (χ2n) is 7.19. The maximum absolute atomic E-state index is 12.9. The third kappa shape index (κ3) is 4.98. The molecule has 0 aliphatic heterocycles. The van der Waals surface area contributed by atoms with Gasteiger partial charge in [0.1, 0.15) is 5.58 Å². The van der Waals surface area contributed by atoms with Crippen molar-refractivity contribution in [3.05, 3.63) is 70.4 Å². The van der Waals surface area contributed by atoms with Crippen LogP contribution in [-0.2, 0) is 15.6 Å². The number of carbonyl (C=O) groups is 1. The summed E-state index contributed by atoms with van der Waals surface area (Å²) >= 11 is 6.32. The fourth-order valence-corrected chi connectivity index (χ4v) is 4.35. The molecule has 3 rings (SSSR count). The number of amides is 1. The number of carbonyl (C=O) groups excluding carboxylic acids is 1. The van der Waals surface area contributed by atoms with E-state index in [4.69, 9.17) is 16.0 Å². The molecule has 1 N–H and O–H groups in total. The molecule has 6 nitrogen and oxygen atoms in total. The molecule has 1 atom stereocenters. The third-order valence-electron chi connectivity index (χ3n) is 4.65. The summed E-state index contributed by atoms with van der Waals surface area (Å²) in [5, 5.41) is 4.10. The van der Waals surface area contributed by atoms with Gasteiger partial charge in [0.05, 0.1) is 11.8 Å². The zero-order valence-corrected chi connectivity index (χ0v) is 18.0. The van der Waals surface area contributed by atoms with Gasteiger partial charge in [-0.2, -0.15) is 0 Å². The van der Waals surface area contributed by atoms with Crippen LogP contribution in [0.3, 0.4) is 0 Å². The van der Waals surface area contributed by atoms with Crippen LogP contribution in [0.4, 0.5) is 0 Å². The van der Waals surface area contributed by atoms with Crippen LogP contribution >= 0.6 is 11.6 Å². The summed E-state index contributed by atoms with van der Waals surface area (Å²) in [6, 6.07) is 14.3. The number of sulfone groups is 1. The van der Waals surface area contributed by atoms with Crippen molar-refractivity contribution < 1.29 is 17.6 Å². The van der Waals surface area contributed by atoms with Gasteiger partial charge in [-0.05, 0) is 31.8 Å². The van der Waals surface area contributed by atoms with Gasteiger partial charge in [0.15, 0.2) is 15.6 Å². The summed E-state index contributed by atoms with van der Waals surface area (Å²) < 4.78 is 29.5. The Bertz CT molecular complexity index is 1140. The smallest absolute Gasteiger partial charge is 0.287 e. The molecule has 0 aliphatic rings. The molecule has 0 saturated carbocycles. The number of likely N-dealkylation sites (N-methyl/N-ethyl adjacent to an activating group) is 1. The molecule has 0 saturated heterocycles. The van der Waals surface area contributed by atoms with Crippen LogP contribution < -0.4 is 5.32 Å². The summed E-state index contributed by atoms with van der Waals surface area (Å²) in [6.45, 7) is 0.283. The number of nitrogens with one attached hydrogen (secondary N) is 1. The molecule has 1 unspecified atom stereocenters. The summed E-state index contributed by atoms with van der Waals surface area (Å²) in [7, 11) is 0.445. The van der Waals surface area contributed by atoms with E-state index in [-0.39, 0.29) is 24.1 Å². The number of fused-ring (bicyclic) bond motifs is 1. The van der Waals surface area contributed by atoms with E-state index in [0.717, 1.165) is 11.8 Å². The normalized spacial score (nSPS) is 13.0. The quantitative estimate of drug-likeness (QED) is 0.613. The van der Waals surface area contributed by atoms with Crippen LogP contribution in [-0.4, -0.2) is 46.1 Å². The Labute approximate surface area is 175 Å². The Morgan fingerprint density at radius 2 is 1.79 bits per heavy atom. The molecule has 2 aromatic carbocycles. The zero-order chi connectivity index (χ0) is 21.2. The molecule has 0 aliphatic carbocycles. The first-order chi connectivity index (χ1) is 13.7. The predicted molar refractivity (Wildman–Crippen MR) is 115 cm³/mol. The van der Waals surface area contributed by atoms with Gasteiger partial charge >= 0.3 is 0 Å². The van der Waals surface area contributed by atoms with Crippen molar-refractivity contribution in [1.29, 1.82) is 0 Å². The summed E-state index contributed by atoms with van der Waals surface area (Å²) in [5.41, 5.74) is 1.74. The van der Waals surface area contributed by atoms with Gasteiger partial charge in [0.2, 0.25) is 0 Å². The van der Waals surface area contributed by atoms with Crippen molar-refractivity contribution in [2.24, 2.45) is 0 Å². The number of nitrogens with zero attached hydrogens (tertiary/aromatic N) is 1. The average molecular weight is 435 g/mol.